The summed E-state index contributed by atoms with van der Waals surface area (Å²) in [4.78, 5) is 16.7. The third-order valence-electron chi connectivity index (χ3n) is 3.44. The van der Waals surface area contributed by atoms with Crippen molar-refractivity contribution in [2.75, 3.05) is 32.7 Å². The van der Waals surface area contributed by atoms with Crippen LogP contribution in [0.2, 0.25) is 0 Å². The van der Waals surface area contributed by atoms with Crippen LogP contribution in [0.5, 0.6) is 0 Å². The van der Waals surface area contributed by atoms with Crippen LogP contribution in [0.15, 0.2) is 18.2 Å². The molecule has 0 aliphatic carbocycles. The molecule has 6 heteroatoms. The first kappa shape index (κ1) is 14.9. The van der Waals surface area contributed by atoms with E-state index in [2.05, 4.69) is 4.90 Å². The number of hydrogen-bond acceptors (Lipinski definition) is 3. The van der Waals surface area contributed by atoms with Gasteiger partial charge in [-0.15, -0.1) is 0 Å². The number of rotatable bonds is 3. The molecule has 0 saturated carbocycles. The third kappa shape index (κ3) is 3.52. The van der Waals surface area contributed by atoms with E-state index < -0.39 is 0 Å². The second-order valence-electron chi connectivity index (χ2n) is 5.00. The number of halogens is 1. The highest BCUT2D eigenvalue weighted by atomic mass is 32.1. The predicted octanol–water partition coefficient (Wildman–Crippen LogP) is 1.18. The molecule has 1 aromatic rings. The van der Waals surface area contributed by atoms with Gasteiger partial charge in [0.25, 0.3) is 5.91 Å². The first-order chi connectivity index (χ1) is 9.47. The molecule has 20 heavy (non-hydrogen) atoms. The molecule has 1 saturated heterocycles. The zero-order valence-electron chi connectivity index (χ0n) is 11.4. The normalized spacial score (nSPS) is 16.2. The Morgan fingerprint density at radius 3 is 2.55 bits per heavy atom. The monoisotopic (exact) mass is 295 g/mol. The summed E-state index contributed by atoms with van der Waals surface area (Å²) in [7, 11) is 0. The molecule has 1 amide bonds. The number of piperazine rings is 1. The van der Waals surface area contributed by atoms with Gasteiger partial charge in [-0.25, -0.2) is 4.39 Å². The Kier molecular flexibility index (Phi) is 4.67. The Morgan fingerprint density at radius 1 is 1.35 bits per heavy atom. The van der Waals surface area contributed by atoms with E-state index in [1.807, 2.05) is 0 Å². The predicted molar refractivity (Wildman–Crippen MR) is 80.3 cm³/mol. The van der Waals surface area contributed by atoms with Crippen molar-refractivity contribution in [1.29, 1.82) is 0 Å². The highest BCUT2D eigenvalue weighted by Crippen LogP contribution is 2.13. The Hall–Kier alpha value is -1.53. The van der Waals surface area contributed by atoms with Crippen LogP contribution in [0.4, 0.5) is 4.39 Å². The number of carbonyl (C=O) groups excluding carboxylic acids is 1. The number of carbonyl (C=O) groups is 1. The zero-order valence-corrected chi connectivity index (χ0v) is 12.3. The molecular formula is C14H18FN3OS. The van der Waals surface area contributed by atoms with Gasteiger partial charge >= 0.3 is 0 Å². The van der Waals surface area contributed by atoms with Crippen LogP contribution < -0.4 is 5.73 Å². The van der Waals surface area contributed by atoms with E-state index in [4.69, 9.17) is 18.0 Å². The number of aryl methyl sites for hydroxylation is 1. The van der Waals surface area contributed by atoms with E-state index in [9.17, 15) is 9.18 Å². The van der Waals surface area contributed by atoms with Gasteiger partial charge in [-0.1, -0.05) is 12.2 Å². The molecule has 1 aliphatic heterocycles. The topological polar surface area (TPSA) is 49.6 Å². The van der Waals surface area contributed by atoms with Crippen LogP contribution in [0.3, 0.4) is 0 Å². The molecule has 2 rings (SSSR count). The van der Waals surface area contributed by atoms with Crippen molar-refractivity contribution in [3.63, 3.8) is 0 Å². The zero-order chi connectivity index (χ0) is 14.7. The van der Waals surface area contributed by atoms with E-state index in [0.29, 0.717) is 35.7 Å². The molecule has 0 bridgehead atoms. The lowest BCUT2D eigenvalue weighted by atomic mass is 10.1. The Bertz CT molecular complexity index is 527. The van der Waals surface area contributed by atoms with Gasteiger partial charge in [0.1, 0.15) is 5.82 Å². The number of nitrogens with two attached hydrogens (primary N) is 1. The minimum atomic E-state index is -0.289. The molecule has 0 aromatic heterocycles. The molecule has 1 aliphatic rings. The summed E-state index contributed by atoms with van der Waals surface area (Å²) in [6.45, 7) is 5.03. The lowest BCUT2D eigenvalue weighted by Crippen LogP contribution is -2.50. The average Bonchev–Trinajstić information content (AvgIpc) is 2.41. The van der Waals surface area contributed by atoms with Crippen molar-refractivity contribution in [2.45, 2.75) is 6.92 Å². The van der Waals surface area contributed by atoms with Crippen molar-refractivity contribution >= 4 is 23.1 Å². The minimum absolute atomic E-state index is 0.0527. The van der Waals surface area contributed by atoms with Gasteiger partial charge in [0.2, 0.25) is 0 Å². The lowest BCUT2D eigenvalue weighted by molar-refractivity contribution is 0.0654. The second-order valence-corrected chi connectivity index (χ2v) is 5.52. The summed E-state index contributed by atoms with van der Waals surface area (Å²) >= 11 is 4.88. The minimum Gasteiger partial charge on any atom is -0.392 e. The van der Waals surface area contributed by atoms with Gasteiger partial charge in [0.15, 0.2) is 0 Å². The van der Waals surface area contributed by atoms with Crippen molar-refractivity contribution in [2.24, 2.45) is 5.73 Å². The Morgan fingerprint density at radius 2 is 2.00 bits per heavy atom. The van der Waals surface area contributed by atoms with Gasteiger partial charge in [-0.05, 0) is 30.7 Å². The number of thiocarbonyl (C=S) groups is 1. The van der Waals surface area contributed by atoms with Crippen molar-refractivity contribution < 1.29 is 9.18 Å². The smallest absolute Gasteiger partial charge is 0.253 e. The fourth-order valence-corrected chi connectivity index (χ4v) is 2.47. The largest absolute Gasteiger partial charge is 0.392 e. The SMILES string of the molecule is Cc1cc(C(=O)N2CCN(CC(N)=S)CC2)ccc1F. The van der Waals surface area contributed by atoms with Crippen LogP contribution in [0.25, 0.3) is 0 Å². The van der Waals surface area contributed by atoms with Crippen molar-refractivity contribution in [3.05, 3.63) is 35.1 Å². The number of hydrogen-bond donors (Lipinski definition) is 1. The fraction of sp³-hybridized carbons (Fsp3) is 0.429. The summed E-state index contributed by atoms with van der Waals surface area (Å²) in [5.41, 5.74) is 6.54. The molecule has 2 N–H and O–H groups in total. The van der Waals surface area contributed by atoms with Gasteiger partial charge in [0, 0.05) is 38.3 Å². The third-order valence-corrected chi connectivity index (χ3v) is 3.57. The van der Waals surface area contributed by atoms with Gasteiger partial charge < -0.3 is 10.6 Å². The summed E-state index contributed by atoms with van der Waals surface area (Å²) < 4.78 is 13.2. The summed E-state index contributed by atoms with van der Waals surface area (Å²) in [5, 5.41) is 0. The quantitative estimate of drug-likeness (QED) is 0.851. The lowest BCUT2D eigenvalue weighted by Gasteiger charge is -2.34. The van der Waals surface area contributed by atoms with Crippen LogP contribution >= 0.6 is 12.2 Å². The first-order valence-corrected chi connectivity index (χ1v) is 6.94. The van der Waals surface area contributed by atoms with E-state index >= 15 is 0 Å². The number of amides is 1. The average molecular weight is 295 g/mol. The van der Waals surface area contributed by atoms with Crippen LogP contribution in [-0.2, 0) is 0 Å². The van der Waals surface area contributed by atoms with E-state index in [-0.39, 0.29) is 11.7 Å². The molecule has 1 heterocycles. The maximum Gasteiger partial charge on any atom is 0.253 e. The Balaban J connectivity index is 1.97. The molecule has 108 valence electrons. The molecule has 0 radical (unpaired) electrons. The van der Waals surface area contributed by atoms with E-state index in [0.717, 1.165) is 13.1 Å². The molecule has 0 atom stereocenters. The van der Waals surface area contributed by atoms with Crippen molar-refractivity contribution in [1.82, 2.24) is 9.80 Å². The molecule has 4 nitrogen and oxygen atoms in total. The molecule has 0 unspecified atom stereocenters. The van der Waals surface area contributed by atoms with E-state index in [1.165, 1.54) is 12.1 Å². The second kappa shape index (κ2) is 6.28. The highest BCUT2D eigenvalue weighted by molar-refractivity contribution is 7.80. The number of benzene rings is 1. The summed E-state index contributed by atoms with van der Waals surface area (Å²) in [6, 6.07) is 4.47. The van der Waals surface area contributed by atoms with Crippen LogP contribution in [-0.4, -0.2) is 53.4 Å². The fourth-order valence-electron chi connectivity index (χ4n) is 2.29. The highest BCUT2D eigenvalue weighted by Gasteiger charge is 2.22. The van der Waals surface area contributed by atoms with Crippen molar-refractivity contribution in [3.8, 4) is 0 Å². The Labute approximate surface area is 123 Å². The molecule has 1 fully saturated rings. The molecular weight excluding hydrogens is 277 g/mol. The van der Waals surface area contributed by atoms with Gasteiger partial charge in [-0.3, -0.25) is 9.69 Å². The maximum atomic E-state index is 13.2. The summed E-state index contributed by atoms with van der Waals surface area (Å²) in [5.74, 6) is -0.342. The first-order valence-electron chi connectivity index (χ1n) is 6.53. The molecule has 1 aromatic carbocycles. The van der Waals surface area contributed by atoms with E-state index in [1.54, 1.807) is 17.9 Å². The maximum absolute atomic E-state index is 13.2. The van der Waals surface area contributed by atoms with Crippen LogP contribution in [0.1, 0.15) is 15.9 Å². The standard InChI is InChI=1S/C14H18FN3OS/c1-10-8-11(2-3-12(10)15)14(19)18-6-4-17(5-7-18)9-13(16)20/h2-3,8H,4-7,9H2,1H3,(H2,16,20). The number of nitrogens with zero attached hydrogens (tertiary/aromatic N) is 2. The van der Waals surface area contributed by atoms with Gasteiger partial charge in [-0.2, -0.15) is 0 Å². The van der Waals surface area contributed by atoms with Crippen LogP contribution in [0, 0.1) is 12.7 Å². The van der Waals surface area contributed by atoms with Gasteiger partial charge in [0.05, 0.1) is 4.99 Å². The molecule has 0 spiro atoms. The summed E-state index contributed by atoms with van der Waals surface area (Å²) in [6.07, 6.45) is 0.